The number of ether oxygens (including phenoxy) is 3. The molecule has 0 saturated heterocycles. The SMILES string of the molecule is CCc1cc(CN(C)C(=O)c2ccc(F)cc2[C@@H](C)Oc2cc(Br)cnc2N)ns1.CCc1cc(CNC)ns1.CCc1snc2c1-c1cnc(N)c(c1)O[C@H](C)c1cc(F)ccc1C(=O)N(C)C2.C[C@@H](Oc1cc(Br)cnc1N)c1cc(F)ccc1C(=O)O. The van der Waals surface area contributed by atoms with Gasteiger partial charge in [-0.2, -0.15) is 13.1 Å². The normalized spacial score (nSPS) is 13.2. The number of carbonyl (C=O) groups is 3. The van der Waals surface area contributed by atoms with Crippen molar-refractivity contribution in [1.29, 1.82) is 0 Å². The highest BCUT2D eigenvalue weighted by Gasteiger charge is 2.28. The third-order valence-corrected chi connectivity index (χ3v) is 17.6. The van der Waals surface area contributed by atoms with Gasteiger partial charge in [0.15, 0.2) is 34.7 Å². The van der Waals surface area contributed by atoms with Crippen LogP contribution in [0.1, 0.15) is 139 Å². The lowest BCUT2D eigenvalue weighted by atomic mass is 10.00. The van der Waals surface area contributed by atoms with Crippen LogP contribution in [0.2, 0.25) is 0 Å². The van der Waals surface area contributed by atoms with Crippen LogP contribution in [-0.4, -0.2) is 81.9 Å². The van der Waals surface area contributed by atoms with Gasteiger partial charge in [-0.1, -0.05) is 20.8 Å². The molecule has 7 heterocycles. The third kappa shape index (κ3) is 18.1. The van der Waals surface area contributed by atoms with Crippen molar-refractivity contribution in [3.63, 3.8) is 0 Å². The topological polar surface area (TPSA) is 273 Å². The number of aromatic carboxylic acids is 1. The number of nitrogens with zero attached hydrogens (tertiary/aromatic N) is 8. The zero-order chi connectivity index (χ0) is 65.5. The molecule has 90 heavy (non-hydrogen) atoms. The first-order valence-electron chi connectivity index (χ1n) is 28.1. The molecule has 2 bridgehead atoms. The second-order valence-corrected chi connectivity index (χ2v) is 24.8. The molecular formula is C63H67Br2F3N12O7S3. The molecule has 9 aromatic rings. The van der Waals surface area contributed by atoms with E-state index in [1.54, 1.807) is 80.7 Å². The molecule has 0 spiro atoms. The highest BCUT2D eigenvalue weighted by Crippen LogP contribution is 2.38. The van der Waals surface area contributed by atoms with Crippen molar-refractivity contribution in [1.82, 2.24) is 43.2 Å². The minimum absolute atomic E-state index is 0.0228. The Morgan fingerprint density at radius 1 is 0.744 bits per heavy atom. The van der Waals surface area contributed by atoms with Gasteiger partial charge in [-0.05, 0) is 198 Å². The predicted octanol–water partition coefficient (Wildman–Crippen LogP) is 14.0. The molecule has 0 aliphatic carbocycles. The molecule has 19 nitrogen and oxygen atoms in total. The summed E-state index contributed by atoms with van der Waals surface area (Å²) in [5.74, 6) is -1.39. The summed E-state index contributed by atoms with van der Waals surface area (Å²) < 4.78 is 73.5. The first kappa shape index (κ1) is 69.4. The molecule has 0 radical (unpaired) electrons. The van der Waals surface area contributed by atoms with Crippen molar-refractivity contribution in [2.24, 2.45) is 0 Å². The summed E-state index contributed by atoms with van der Waals surface area (Å²) in [6, 6.07) is 20.9. The lowest BCUT2D eigenvalue weighted by molar-refractivity contribution is 0.0690. The number of carboxylic acids is 1. The fourth-order valence-corrected chi connectivity index (χ4v) is 11.9. The Morgan fingerprint density at radius 3 is 1.83 bits per heavy atom. The highest BCUT2D eigenvalue weighted by molar-refractivity contribution is 9.10. The Kier molecular flexibility index (Phi) is 24.7. The number of amides is 2. The van der Waals surface area contributed by atoms with Gasteiger partial charge in [0.05, 0.1) is 35.7 Å². The van der Waals surface area contributed by atoms with Crippen LogP contribution in [-0.2, 0) is 38.9 Å². The third-order valence-electron chi connectivity index (χ3n) is 13.7. The molecule has 6 aromatic heterocycles. The number of aryl methyl sites for hydroxylation is 3. The minimum Gasteiger partial charge on any atom is -0.482 e. The molecule has 2 amide bonds. The number of halogens is 5. The van der Waals surface area contributed by atoms with Crippen molar-refractivity contribution < 1.29 is 46.9 Å². The van der Waals surface area contributed by atoms with E-state index in [0.717, 1.165) is 75.9 Å². The lowest BCUT2D eigenvalue weighted by Crippen LogP contribution is -2.28. The molecule has 0 unspecified atom stereocenters. The summed E-state index contributed by atoms with van der Waals surface area (Å²) >= 11 is 11.0. The Bertz CT molecular complexity index is 3990. The molecule has 10 rings (SSSR count). The predicted molar refractivity (Wildman–Crippen MR) is 352 cm³/mol. The van der Waals surface area contributed by atoms with E-state index < -0.39 is 41.7 Å². The number of carboxylic acid groups (broad SMARTS) is 1. The molecule has 0 fully saturated rings. The van der Waals surface area contributed by atoms with Gasteiger partial charge < -0.3 is 51.6 Å². The molecule has 474 valence electrons. The zero-order valence-electron chi connectivity index (χ0n) is 50.6. The Labute approximate surface area is 548 Å². The maximum Gasteiger partial charge on any atom is 0.336 e. The van der Waals surface area contributed by atoms with Crippen LogP contribution in [0.4, 0.5) is 30.6 Å². The van der Waals surface area contributed by atoms with E-state index in [4.69, 9.17) is 36.5 Å². The first-order valence-corrected chi connectivity index (χ1v) is 32.0. The van der Waals surface area contributed by atoms with Crippen LogP contribution in [0.25, 0.3) is 11.1 Å². The average molecular weight is 1420 g/mol. The summed E-state index contributed by atoms with van der Waals surface area (Å²) in [6.45, 7) is 13.0. The van der Waals surface area contributed by atoms with Crippen LogP contribution in [0.5, 0.6) is 17.2 Å². The summed E-state index contributed by atoms with van der Waals surface area (Å²) in [7, 11) is 5.35. The van der Waals surface area contributed by atoms with E-state index in [1.807, 2.05) is 19.2 Å². The Morgan fingerprint density at radius 2 is 1.28 bits per heavy atom. The number of hydrogen-bond donors (Lipinski definition) is 5. The van der Waals surface area contributed by atoms with Gasteiger partial charge in [0, 0.05) is 102 Å². The second kappa shape index (κ2) is 32.1. The maximum absolute atomic E-state index is 14.0. The van der Waals surface area contributed by atoms with Crippen LogP contribution in [0.3, 0.4) is 0 Å². The van der Waals surface area contributed by atoms with Crippen molar-refractivity contribution in [3.05, 3.63) is 195 Å². The van der Waals surface area contributed by atoms with Gasteiger partial charge in [-0.3, -0.25) is 9.59 Å². The van der Waals surface area contributed by atoms with Gasteiger partial charge in [0.2, 0.25) is 0 Å². The van der Waals surface area contributed by atoms with E-state index in [0.29, 0.717) is 55.8 Å². The van der Waals surface area contributed by atoms with Crippen LogP contribution in [0, 0.1) is 17.5 Å². The number of nitrogens with two attached hydrogens (primary N) is 3. The van der Waals surface area contributed by atoms with Gasteiger partial charge in [-0.15, -0.1) is 0 Å². The Hall–Kier alpha value is -8.08. The van der Waals surface area contributed by atoms with E-state index in [-0.39, 0.29) is 46.1 Å². The highest BCUT2D eigenvalue weighted by atomic mass is 79.9. The second-order valence-electron chi connectivity index (χ2n) is 20.4. The monoisotopic (exact) mass is 1410 g/mol. The van der Waals surface area contributed by atoms with Crippen molar-refractivity contribution in [2.75, 3.05) is 38.3 Å². The van der Waals surface area contributed by atoms with E-state index in [9.17, 15) is 27.6 Å². The first-order chi connectivity index (χ1) is 42.9. The maximum atomic E-state index is 14.0. The summed E-state index contributed by atoms with van der Waals surface area (Å²) in [5.41, 5.74) is 24.0. The van der Waals surface area contributed by atoms with Gasteiger partial charge in [0.1, 0.15) is 35.8 Å². The van der Waals surface area contributed by atoms with E-state index in [2.05, 4.69) is 92.1 Å². The minimum atomic E-state index is -1.15. The smallest absolute Gasteiger partial charge is 0.336 e. The van der Waals surface area contributed by atoms with Gasteiger partial charge in [0.25, 0.3) is 11.8 Å². The number of benzene rings is 3. The van der Waals surface area contributed by atoms with E-state index >= 15 is 0 Å². The van der Waals surface area contributed by atoms with Crippen LogP contribution in [0.15, 0.2) is 112 Å². The molecule has 8 N–H and O–H groups in total. The number of fused-ring (bicyclic) bond motifs is 5. The number of anilines is 3. The summed E-state index contributed by atoms with van der Waals surface area (Å²) in [4.78, 5) is 56.5. The Balaban J connectivity index is 0.000000180. The molecule has 1 aliphatic rings. The number of pyridine rings is 3. The number of rotatable bonds is 15. The van der Waals surface area contributed by atoms with Crippen LogP contribution < -0.4 is 36.7 Å². The fraction of sp³-hybridized carbons (Fsp3) is 0.286. The van der Waals surface area contributed by atoms with Gasteiger partial charge >= 0.3 is 5.97 Å². The van der Waals surface area contributed by atoms with Crippen LogP contribution >= 0.6 is 66.5 Å². The lowest BCUT2D eigenvalue weighted by Gasteiger charge is -2.24. The molecule has 27 heteroatoms. The van der Waals surface area contributed by atoms with Crippen molar-refractivity contribution >= 4 is 102 Å². The number of nitrogen functional groups attached to an aromatic ring is 3. The van der Waals surface area contributed by atoms with Crippen molar-refractivity contribution in [3.8, 4) is 28.4 Å². The largest absolute Gasteiger partial charge is 0.482 e. The standard InChI is InChI=1S/C21H22BrFN4O2S.C21H21FN4O2S.C14H12BrFN2O3.C7H12N2S/c1-4-16-9-15(26-30-16)11-27(3)21(28)17-6-5-14(23)8-18(17)12(2)29-19-7-13(22)10-25-20(19)24;1-4-18-19-12-7-17(20(23)24-9-12)28-11(2)15-8-13(22)5-6-14(15)21(27)26(3)10-16(19)25-29-18;1-7(21-12-4-8(15)6-18-13(12)17)11-5-9(16)2-3-10(11)14(19)20;1-3-7-4-6(5-8-2)9-10-7/h5-10,12H,4,11H2,1-3H3,(H2,24,25);5-9,11H,4,10H2,1-3H3,(H2,23,24);2-7H,1H3,(H2,17,18)(H,19,20);4,8H,3,5H2,1-2H3/t12-;11-;7-;/m111./s1. The number of aromatic nitrogens is 6. The average Bonchev–Trinajstić information content (AvgIpc) is 1.67. The molecular weight excluding hydrogens is 1350 g/mol. The molecule has 1 aliphatic heterocycles. The molecule has 0 saturated carbocycles. The summed E-state index contributed by atoms with van der Waals surface area (Å²) in [6.07, 6.45) is 5.65. The number of hydrogen-bond acceptors (Lipinski definition) is 19. The molecule has 3 atom stereocenters. The molecule has 3 aromatic carbocycles. The number of carbonyl (C=O) groups excluding carboxylic acids is 2. The van der Waals surface area contributed by atoms with Crippen molar-refractivity contribution in [2.45, 2.75) is 98.8 Å². The fourth-order valence-electron chi connectivity index (χ4n) is 9.14. The van der Waals surface area contributed by atoms with E-state index in [1.165, 1.54) is 76.6 Å². The quantitative estimate of drug-likeness (QED) is 0.0638. The summed E-state index contributed by atoms with van der Waals surface area (Å²) in [5, 5.41) is 12.2. The zero-order valence-corrected chi connectivity index (χ0v) is 56.2. The van der Waals surface area contributed by atoms with Gasteiger partial charge in [-0.25, -0.2) is 32.9 Å². The number of nitrogens with one attached hydrogen (secondary N) is 1.